The van der Waals surface area contributed by atoms with Gasteiger partial charge in [0.05, 0.1) is 17.5 Å². The number of hydrogen-bond donors (Lipinski definition) is 1. The Morgan fingerprint density at radius 2 is 1.97 bits per heavy atom. The molecule has 0 atom stereocenters. The van der Waals surface area contributed by atoms with Crippen LogP contribution in [0.5, 0.6) is 5.88 Å². The van der Waals surface area contributed by atoms with Gasteiger partial charge >= 0.3 is 0 Å². The van der Waals surface area contributed by atoms with Crippen molar-refractivity contribution >= 4 is 11.7 Å². The molecular weight excluding hydrogens is 380 g/mol. The molecule has 1 aliphatic carbocycles. The number of nitrogens with zero attached hydrogens (tertiary/aromatic N) is 5. The second-order valence-electron chi connectivity index (χ2n) is 8.87. The van der Waals surface area contributed by atoms with E-state index >= 15 is 0 Å². The molecule has 8 nitrogen and oxygen atoms in total. The summed E-state index contributed by atoms with van der Waals surface area (Å²) in [4.78, 5) is 25.8. The van der Waals surface area contributed by atoms with Crippen LogP contribution in [0, 0.1) is 29.1 Å². The maximum atomic E-state index is 13.0. The van der Waals surface area contributed by atoms with Crippen molar-refractivity contribution in [2.75, 3.05) is 0 Å². The fourth-order valence-electron chi connectivity index (χ4n) is 4.84. The van der Waals surface area contributed by atoms with Gasteiger partial charge in [-0.1, -0.05) is 27.7 Å². The molecular formula is C22H24N6O2. The number of carbonyl (C=O) groups is 1. The van der Waals surface area contributed by atoms with E-state index in [0.29, 0.717) is 28.6 Å². The van der Waals surface area contributed by atoms with Crippen LogP contribution in [-0.4, -0.2) is 37.4 Å². The van der Waals surface area contributed by atoms with Gasteiger partial charge in [0.25, 0.3) is 5.91 Å². The van der Waals surface area contributed by atoms with Crippen molar-refractivity contribution in [1.82, 2.24) is 24.7 Å². The summed E-state index contributed by atoms with van der Waals surface area (Å²) in [5.74, 6) is 0.765. The number of aryl methyl sites for hydroxylation is 1. The Balaban J connectivity index is 1.54. The SMILES string of the molecule is Cc1nc(OC2C(C)(C)C(NC(=O)c3cnc4ncccn34)C2(C)C)ccc1C#N. The van der Waals surface area contributed by atoms with Gasteiger partial charge in [-0.05, 0) is 19.1 Å². The zero-order valence-electron chi connectivity index (χ0n) is 17.7. The Bertz CT molecular complexity index is 1160. The first-order valence-electron chi connectivity index (χ1n) is 9.79. The molecule has 1 fully saturated rings. The number of imidazole rings is 1. The average Bonchev–Trinajstić information content (AvgIpc) is 3.14. The lowest BCUT2D eigenvalue weighted by molar-refractivity contribution is -0.165. The van der Waals surface area contributed by atoms with Crippen molar-refractivity contribution in [3.8, 4) is 11.9 Å². The van der Waals surface area contributed by atoms with Crippen LogP contribution in [0.15, 0.2) is 36.8 Å². The van der Waals surface area contributed by atoms with E-state index in [1.807, 2.05) is 0 Å². The predicted octanol–water partition coefficient (Wildman–Crippen LogP) is 2.92. The molecule has 3 aromatic heterocycles. The lowest BCUT2D eigenvalue weighted by atomic mass is 9.49. The summed E-state index contributed by atoms with van der Waals surface area (Å²) >= 11 is 0. The normalized spacial score (nSPS) is 21.5. The van der Waals surface area contributed by atoms with E-state index in [2.05, 4.69) is 54.0 Å². The Hall–Kier alpha value is -3.47. The molecule has 3 aromatic rings. The summed E-state index contributed by atoms with van der Waals surface area (Å²) in [7, 11) is 0. The van der Waals surface area contributed by atoms with Crippen LogP contribution in [0.3, 0.4) is 0 Å². The van der Waals surface area contributed by atoms with Crippen LogP contribution < -0.4 is 10.1 Å². The van der Waals surface area contributed by atoms with Gasteiger partial charge in [0.2, 0.25) is 11.7 Å². The number of nitrogens with one attached hydrogen (secondary N) is 1. The second-order valence-corrected chi connectivity index (χ2v) is 8.87. The Kier molecular flexibility index (Phi) is 4.49. The Morgan fingerprint density at radius 1 is 1.23 bits per heavy atom. The number of ether oxygens (including phenoxy) is 1. The molecule has 3 heterocycles. The van der Waals surface area contributed by atoms with Gasteiger partial charge in [-0.3, -0.25) is 9.20 Å². The summed E-state index contributed by atoms with van der Waals surface area (Å²) in [6.45, 7) is 10.1. The molecule has 154 valence electrons. The highest BCUT2D eigenvalue weighted by atomic mass is 16.5. The van der Waals surface area contributed by atoms with Gasteiger partial charge in [-0.25, -0.2) is 15.0 Å². The van der Waals surface area contributed by atoms with Gasteiger partial charge in [0, 0.05) is 35.3 Å². The third kappa shape index (κ3) is 2.98. The van der Waals surface area contributed by atoms with Crippen molar-refractivity contribution < 1.29 is 9.53 Å². The highest BCUT2D eigenvalue weighted by molar-refractivity contribution is 5.93. The van der Waals surface area contributed by atoms with Crippen LogP contribution >= 0.6 is 0 Å². The number of rotatable bonds is 4. The van der Waals surface area contributed by atoms with Crippen molar-refractivity contribution in [3.05, 3.63) is 53.7 Å². The molecule has 1 aliphatic rings. The van der Waals surface area contributed by atoms with Gasteiger partial charge in [0.15, 0.2) is 0 Å². The number of pyridine rings is 1. The maximum absolute atomic E-state index is 13.0. The molecule has 0 bridgehead atoms. The standard InChI is InChI=1S/C22H24N6O2/c1-13-14(11-23)7-8-16(26-13)30-19-21(2,3)18(22(19,4)5)27-17(29)15-12-25-20-24-9-6-10-28(15)20/h6-10,12,18-19H,1-5H3,(H,27,29). The second kappa shape index (κ2) is 6.80. The predicted molar refractivity (Wildman–Crippen MR) is 110 cm³/mol. The molecule has 1 amide bonds. The van der Waals surface area contributed by atoms with Crippen molar-refractivity contribution in [3.63, 3.8) is 0 Å². The molecule has 1 N–H and O–H groups in total. The molecule has 0 radical (unpaired) electrons. The molecule has 0 unspecified atom stereocenters. The first-order chi connectivity index (χ1) is 14.2. The van der Waals surface area contributed by atoms with Gasteiger partial charge in [0.1, 0.15) is 17.9 Å². The van der Waals surface area contributed by atoms with Crippen LogP contribution in [0.1, 0.15) is 49.4 Å². The molecule has 0 spiro atoms. The number of aromatic nitrogens is 4. The summed E-state index contributed by atoms with van der Waals surface area (Å²) in [5.41, 5.74) is 0.944. The van der Waals surface area contributed by atoms with E-state index in [1.165, 1.54) is 6.20 Å². The Morgan fingerprint density at radius 3 is 2.63 bits per heavy atom. The van der Waals surface area contributed by atoms with E-state index in [4.69, 9.17) is 10.00 Å². The topological polar surface area (TPSA) is 105 Å². The van der Waals surface area contributed by atoms with E-state index in [9.17, 15) is 4.79 Å². The molecule has 30 heavy (non-hydrogen) atoms. The van der Waals surface area contributed by atoms with E-state index in [0.717, 1.165) is 0 Å². The zero-order valence-corrected chi connectivity index (χ0v) is 17.7. The monoisotopic (exact) mass is 404 g/mol. The summed E-state index contributed by atoms with van der Waals surface area (Å²) in [5, 5.41) is 12.3. The van der Waals surface area contributed by atoms with Crippen molar-refractivity contribution in [2.24, 2.45) is 10.8 Å². The summed E-state index contributed by atoms with van der Waals surface area (Å²) in [6.07, 6.45) is 4.78. The fourth-order valence-corrected chi connectivity index (χ4v) is 4.84. The van der Waals surface area contributed by atoms with Gasteiger partial charge < -0.3 is 10.1 Å². The number of amides is 1. The third-order valence-electron chi connectivity index (χ3n) is 6.06. The van der Waals surface area contributed by atoms with Crippen LogP contribution in [0.25, 0.3) is 5.78 Å². The minimum Gasteiger partial charge on any atom is -0.473 e. The third-order valence-corrected chi connectivity index (χ3v) is 6.06. The van der Waals surface area contributed by atoms with Crippen LogP contribution in [0.4, 0.5) is 0 Å². The van der Waals surface area contributed by atoms with Crippen LogP contribution in [-0.2, 0) is 0 Å². The fraction of sp³-hybridized carbons (Fsp3) is 0.409. The van der Waals surface area contributed by atoms with Gasteiger partial charge in [-0.2, -0.15) is 5.26 Å². The van der Waals surface area contributed by atoms with E-state index in [-0.39, 0.29) is 28.9 Å². The average molecular weight is 404 g/mol. The van der Waals surface area contributed by atoms with Crippen LogP contribution in [0.2, 0.25) is 0 Å². The minimum absolute atomic E-state index is 0.121. The highest BCUT2D eigenvalue weighted by Gasteiger charge is 2.64. The first-order valence-corrected chi connectivity index (χ1v) is 9.79. The summed E-state index contributed by atoms with van der Waals surface area (Å²) in [6, 6.07) is 7.19. The lowest BCUT2D eigenvalue weighted by Gasteiger charge is -2.62. The quantitative estimate of drug-likeness (QED) is 0.717. The van der Waals surface area contributed by atoms with Gasteiger partial charge in [-0.15, -0.1) is 0 Å². The molecule has 4 rings (SSSR count). The maximum Gasteiger partial charge on any atom is 0.270 e. The lowest BCUT2D eigenvalue weighted by Crippen LogP contribution is -2.74. The molecule has 0 aromatic carbocycles. The molecule has 1 saturated carbocycles. The summed E-state index contributed by atoms with van der Waals surface area (Å²) < 4.78 is 7.91. The van der Waals surface area contributed by atoms with E-state index < -0.39 is 0 Å². The largest absolute Gasteiger partial charge is 0.473 e. The zero-order chi connectivity index (χ0) is 21.7. The number of fused-ring (bicyclic) bond motifs is 1. The highest BCUT2D eigenvalue weighted by Crippen LogP contribution is 2.55. The van der Waals surface area contributed by atoms with Crippen molar-refractivity contribution in [2.45, 2.75) is 46.8 Å². The van der Waals surface area contributed by atoms with E-state index in [1.54, 1.807) is 41.9 Å². The Labute approximate surface area is 174 Å². The molecule has 0 aliphatic heterocycles. The number of nitriles is 1. The number of hydrogen-bond acceptors (Lipinski definition) is 6. The smallest absolute Gasteiger partial charge is 0.270 e. The number of carbonyl (C=O) groups excluding carboxylic acids is 1. The molecule has 0 saturated heterocycles. The molecule has 8 heteroatoms. The first kappa shape index (κ1) is 19.8. The minimum atomic E-state index is -0.332. The van der Waals surface area contributed by atoms with Crippen molar-refractivity contribution in [1.29, 1.82) is 5.26 Å².